The van der Waals surface area contributed by atoms with Crippen LogP contribution in [0, 0.1) is 0 Å². The van der Waals surface area contributed by atoms with Gasteiger partial charge in [-0.15, -0.1) is 0 Å². The molecule has 2 rings (SSSR count). The van der Waals surface area contributed by atoms with E-state index >= 15 is 0 Å². The molecule has 0 aromatic heterocycles. The first kappa shape index (κ1) is 14.8. The Morgan fingerprint density at radius 3 is 2.47 bits per heavy atom. The van der Waals surface area contributed by atoms with Gasteiger partial charge in [-0.25, -0.2) is 8.42 Å². The highest BCUT2D eigenvalue weighted by molar-refractivity contribution is 9.10. The predicted molar refractivity (Wildman–Crippen MR) is 77.9 cm³/mol. The van der Waals surface area contributed by atoms with Gasteiger partial charge in [-0.3, -0.25) is 0 Å². The highest BCUT2D eigenvalue weighted by atomic mass is 79.9. The van der Waals surface area contributed by atoms with Gasteiger partial charge in [-0.05, 0) is 47.0 Å². The molecule has 0 amide bonds. The number of nitrogens with zero attached hydrogens (tertiary/aromatic N) is 1. The van der Waals surface area contributed by atoms with Crippen molar-refractivity contribution < 1.29 is 13.2 Å². The summed E-state index contributed by atoms with van der Waals surface area (Å²) < 4.78 is 32.3. The normalized spacial score (nSPS) is 17.1. The zero-order chi connectivity index (χ0) is 14.0. The number of benzene rings is 1. The number of methoxy groups -OCH3 is 1. The summed E-state index contributed by atoms with van der Waals surface area (Å²) in [5.74, 6) is 0.627. The van der Waals surface area contributed by atoms with E-state index in [9.17, 15) is 8.42 Å². The van der Waals surface area contributed by atoms with Crippen molar-refractivity contribution >= 4 is 26.0 Å². The summed E-state index contributed by atoms with van der Waals surface area (Å²) in [6, 6.07) is 4.98. The van der Waals surface area contributed by atoms with Crippen LogP contribution < -0.4 is 4.74 Å². The SMILES string of the molecule is COc1ccc(S(=O)(=O)N(C)C2CCCC2)cc1Br. The average Bonchev–Trinajstić information content (AvgIpc) is 2.91. The Balaban J connectivity index is 2.30. The summed E-state index contributed by atoms with van der Waals surface area (Å²) in [5.41, 5.74) is 0. The quantitative estimate of drug-likeness (QED) is 0.840. The first-order chi connectivity index (χ1) is 8.96. The zero-order valence-electron chi connectivity index (χ0n) is 11.1. The van der Waals surface area contributed by atoms with E-state index in [0.29, 0.717) is 15.1 Å². The van der Waals surface area contributed by atoms with E-state index in [0.717, 1.165) is 25.7 Å². The van der Waals surface area contributed by atoms with E-state index in [1.54, 1.807) is 32.4 Å². The number of hydrogen-bond donors (Lipinski definition) is 0. The molecule has 0 bridgehead atoms. The molecule has 0 atom stereocenters. The summed E-state index contributed by atoms with van der Waals surface area (Å²) in [7, 11) is -0.198. The summed E-state index contributed by atoms with van der Waals surface area (Å²) >= 11 is 3.32. The van der Waals surface area contributed by atoms with Crippen molar-refractivity contribution in [1.82, 2.24) is 4.31 Å². The second kappa shape index (κ2) is 5.81. The second-order valence-electron chi connectivity index (χ2n) is 4.76. The molecule has 0 aliphatic heterocycles. The molecule has 1 fully saturated rings. The molecule has 0 spiro atoms. The highest BCUT2D eigenvalue weighted by Gasteiger charge is 2.30. The molecule has 0 N–H and O–H groups in total. The Morgan fingerprint density at radius 2 is 1.95 bits per heavy atom. The van der Waals surface area contributed by atoms with Gasteiger partial charge >= 0.3 is 0 Å². The molecule has 1 aromatic rings. The Labute approximate surface area is 122 Å². The van der Waals surface area contributed by atoms with Crippen LogP contribution in [0.1, 0.15) is 25.7 Å². The topological polar surface area (TPSA) is 46.6 Å². The van der Waals surface area contributed by atoms with E-state index in [1.807, 2.05) is 0 Å². The molecule has 1 aliphatic rings. The van der Waals surface area contributed by atoms with Gasteiger partial charge in [0.2, 0.25) is 10.0 Å². The number of hydrogen-bond acceptors (Lipinski definition) is 3. The molecule has 1 saturated carbocycles. The van der Waals surface area contributed by atoms with Crippen molar-refractivity contribution in [1.29, 1.82) is 0 Å². The number of halogens is 1. The third-order valence-corrected chi connectivity index (χ3v) is 6.16. The van der Waals surface area contributed by atoms with Crippen molar-refractivity contribution in [2.45, 2.75) is 36.6 Å². The third-order valence-electron chi connectivity index (χ3n) is 3.64. The molecule has 0 unspecified atom stereocenters. The van der Waals surface area contributed by atoms with Crippen LogP contribution in [0.4, 0.5) is 0 Å². The van der Waals surface area contributed by atoms with E-state index in [1.165, 1.54) is 4.31 Å². The molecule has 4 nitrogen and oxygen atoms in total. The van der Waals surface area contributed by atoms with Gasteiger partial charge < -0.3 is 4.74 Å². The Kier molecular flexibility index (Phi) is 4.53. The lowest BCUT2D eigenvalue weighted by Crippen LogP contribution is -2.35. The number of sulfonamides is 1. The minimum atomic E-state index is -3.42. The third kappa shape index (κ3) is 2.95. The van der Waals surface area contributed by atoms with E-state index in [-0.39, 0.29) is 6.04 Å². The van der Waals surface area contributed by atoms with Crippen molar-refractivity contribution in [3.05, 3.63) is 22.7 Å². The zero-order valence-corrected chi connectivity index (χ0v) is 13.5. The van der Waals surface area contributed by atoms with Crippen LogP contribution in [0.5, 0.6) is 5.75 Å². The van der Waals surface area contributed by atoms with Gasteiger partial charge in [0, 0.05) is 13.1 Å². The molecule has 106 valence electrons. The van der Waals surface area contributed by atoms with Gasteiger partial charge in [-0.2, -0.15) is 4.31 Å². The van der Waals surface area contributed by atoms with Crippen LogP contribution in [0.3, 0.4) is 0 Å². The van der Waals surface area contributed by atoms with Gasteiger partial charge in [0.1, 0.15) is 5.75 Å². The summed E-state index contributed by atoms with van der Waals surface area (Å²) in [5, 5.41) is 0. The Morgan fingerprint density at radius 1 is 1.32 bits per heavy atom. The maximum Gasteiger partial charge on any atom is 0.243 e. The summed E-state index contributed by atoms with van der Waals surface area (Å²) in [6.45, 7) is 0. The van der Waals surface area contributed by atoms with Crippen molar-refractivity contribution in [3.63, 3.8) is 0 Å². The van der Waals surface area contributed by atoms with Gasteiger partial charge in [0.05, 0.1) is 16.5 Å². The minimum absolute atomic E-state index is 0.130. The molecular formula is C13H18BrNO3S. The lowest BCUT2D eigenvalue weighted by molar-refractivity contribution is 0.372. The fourth-order valence-electron chi connectivity index (χ4n) is 2.44. The summed E-state index contributed by atoms with van der Waals surface area (Å²) in [6.07, 6.45) is 4.12. The first-order valence-electron chi connectivity index (χ1n) is 6.28. The fraction of sp³-hybridized carbons (Fsp3) is 0.538. The van der Waals surface area contributed by atoms with Crippen LogP contribution in [-0.4, -0.2) is 32.9 Å². The predicted octanol–water partition coefficient (Wildman–Crippen LogP) is 3.02. The van der Waals surface area contributed by atoms with Crippen molar-refractivity contribution in [2.75, 3.05) is 14.2 Å². The van der Waals surface area contributed by atoms with Gasteiger partial charge in [-0.1, -0.05) is 12.8 Å². The molecule has 19 heavy (non-hydrogen) atoms. The maximum atomic E-state index is 12.5. The van der Waals surface area contributed by atoms with Crippen molar-refractivity contribution in [2.24, 2.45) is 0 Å². The highest BCUT2D eigenvalue weighted by Crippen LogP contribution is 2.31. The molecule has 0 heterocycles. The molecule has 0 radical (unpaired) electrons. The van der Waals surface area contributed by atoms with Crippen LogP contribution >= 0.6 is 15.9 Å². The average molecular weight is 348 g/mol. The van der Waals surface area contributed by atoms with Crippen LogP contribution in [0.2, 0.25) is 0 Å². The molecular weight excluding hydrogens is 330 g/mol. The largest absolute Gasteiger partial charge is 0.496 e. The van der Waals surface area contributed by atoms with Crippen LogP contribution in [-0.2, 0) is 10.0 Å². The van der Waals surface area contributed by atoms with Crippen molar-refractivity contribution in [3.8, 4) is 5.75 Å². The Bertz CT molecular complexity index is 553. The monoisotopic (exact) mass is 347 g/mol. The lowest BCUT2D eigenvalue weighted by Gasteiger charge is -2.23. The Hall–Kier alpha value is -0.590. The van der Waals surface area contributed by atoms with E-state index < -0.39 is 10.0 Å². The van der Waals surface area contributed by atoms with Gasteiger partial charge in [0.25, 0.3) is 0 Å². The fourth-order valence-corrected chi connectivity index (χ4v) is 4.57. The first-order valence-corrected chi connectivity index (χ1v) is 8.51. The molecule has 0 saturated heterocycles. The molecule has 1 aliphatic carbocycles. The smallest absolute Gasteiger partial charge is 0.243 e. The molecule has 6 heteroatoms. The second-order valence-corrected chi connectivity index (χ2v) is 7.61. The standard InChI is InChI=1S/C13H18BrNO3S/c1-15(10-5-3-4-6-10)19(16,17)11-7-8-13(18-2)12(14)9-11/h7-10H,3-6H2,1-2H3. The van der Waals surface area contributed by atoms with Crippen LogP contribution in [0.25, 0.3) is 0 Å². The van der Waals surface area contributed by atoms with E-state index in [4.69, 9.17) is 4.74 Å². The summed E-state index contributed by atoms with van der Waals surface area (Å²) in [4.78, 5) is 0.301. The number of ether oxygens (including phenoxy) is 1. The van der Waals surface area contributed by atoms with Gasteiger partial charge in [0.15, 0.2) is 0 Å². The number of rotatable bonds is 4. The lowest BCUT2D eigenvalue weighted by atomic mass is 10.3. The maximum absolute atomic E-state index is 12.5. The van der Waals surface area contributed by atoms with Crippen LogP contribution in [0.15, 0.2) is 27.6 Å². The van der Waals surface area contributed by atoms with E-state index in [2.05, 4.69) is 15.9 Å². The minimum Gasteiger partial charge on any atom is -0.496 e. The molecule has 1 aromatic carbocycles.